The number of hydrogen-bond acceptors (Lipinski definition) is 7. The molecule has 3 heterocycles. The molecule has 1 atom stereocenters. The van der Waals surface area contributed by atoms with Crippen LogP contribution in [-0.4, -0.2) is 24.1 Å². The van der Waals surface area contributed by atoms with Crippen LogP contribution in [0.25, 0.3) is 11.3 Å². The summed E-state index contributed by atoms with van der Waals surface area (Å²) in [4.78, 5) is 0. The van der Waals surface area contributed by atoms with E-state index in [-0.39, 0.29) is 24.1 Å². The van der Waals surface area contributed by atoms with Crippen molar-refractivity contribution >= 4 is 23.2 Å². The fraction of sp³-hybridized carbons (Fsp3) is 0.143. The van der Waals surface area contributed by atoms with E-state index < -0.39 is 5.92 Å². The summed E-state index contributed by atoms with van der Waals surface area (Å²) in [5.41, 5.74) is 8.79. The van der Waals surface area contributed by atoms with Gasteiger partial charge in [-0.1, -0.05) is 23.2 Å². The van der Waals surface area contributed by atoms with Crippen molar-refractivity contribution in [3.63, 3.8) is 0 Å². The van der Waals surface area contributed by atoms with Gasteiger partial charge < -0.3 is 24.7 Å². The van der Waals surface area contributed by atoms with Crippen LogP contribution in [0.4, 0.5) is 0 Å². The molecule has 31 heavy (non-hydrogen) atoms. The van der Waals surface area contributed by atoms with Crippen molar-refractivity contribution in [2.45, 2.75) is 5.92 Å². The van der Waals surface area contributed by atoms with Gasteiger partial charge in [-0.2, -0.15) is 5.26 Å². The number of aromatic nitrogens is 2. The second-order valence-corrected chi connectivity index (χ2v) is 7.66. The fourth-order valence-electron chi connectivity index (χ4n) is 3.84. The smallest absolute Gasteiger partial charge is 0.244 e. The summed E-state index contributed by atoms with van der Waals surface area (Å²) in [6.07, 6.45) is 0. The molecule has 0 radical (unpaired) electrons. The summed E-state index contributed by atoms with van der Waals surface area (Å²) in [5, 5.41) is 17.9. The molecule has 0 amide bonds. The summed E-state index contributed by atoms with van der Waals surface area (Å²) >= 11 is 12.7. The maximum Gasteiger partial charge on any atom is 0.244 e. The maximum absolute atomic E-state index is 9.90. The lowest BCUT2D eigenvalue weighted by Gasteiger charge is -2.26. The number of fused-ring (bicyclic) bond motifs is 2. The number of nitriles is 1. The summed E-state index contributed by atoms with van der Waals surface area (Å²) in [5.74, 6) is 1.14. The highest BCUT2D eigenvalue weighted by Gasteiger charge is 2.38. The number of halogens is 2. The van der Waals surface area contributed by atoms with Crippen LogP contribution >= 0.6 is 23.2 Å². The number of nitrogens with two attached hydrogens (primary N) is 1. The first-order chi connectivity index (χ1) is 15.0. The minimum atomic E-state index is -0.681. The van der Waals surface area contributed by atoms with E-state index in [4.69, 9.17) is 47.9 Å². The number of nitrogens with zero attached hydrogens (tertiary/aromatic N) is 2. The third-order valence-electron chi connectivity index (χ3n) is 5.15. The number of aromatic amines is 1. The van der Waals surface area contributed by atoms with Crippen LogP contribution in [-0.2, 0) is 0 Å². The molecule has 2 aliphatic rings. The van der Waals surface area contributed by atoms with E-state index >= 15 is 0 Å². The minimum Gasteiger partial charge on any atom is -0.495 e. The average Bonchev–Trinajstić information content (AvgIpc) is 3.38. The van der Waals surface area contributed by atoms with Crippen molar-refractivity contribution in [3.8, 4) is 40.5 Å². The van der Waals surface area contributed by atoms with Gasteiger partial charge >= 0.3 is 0 Å². The van der Waals surface area contributed by atoms with Gasteiger partial charge in [0.05, 0.1) is 29.3 Å². The standard InChI is InChI=1S/C21H14Cl2N4O4/c1-28-19-11(5-10(22)6-13(19)23)16-12(7-24)20(25)31-21-17(16)18(26-27-21)9-2-3-14-15(4-9)30-8-29-14/h2-6,16H,8,25H2,1H3,(H,26,27). The number of H-pyrrole nitrogens is 1. The topological polar surface area (TPSA) is 115 Å². The molecule has 2 aromatic carbocycles. The second-order valence-electron chi connectivity index (χ2n) is 6.82. The molecule has 0 aliphatic carbocycles. The monoisotopic (exact) mass is 456 g/mol. The predicted octanol–water partition coefficient (Wildman–Crippen LogP) is 4.34. The summed E-state index contributed by atoms with van der Waals surface area (Å²) in [6.45, 7) is 0.154. The average molecular weight is 457 g/mol. The van der Waals surface area contributed by atoms with E-state index in [0.717, 1.165) is 5.56 Å². The highest BCUT2D eigenvalue weighted by atomic mass is 35.5. The predicted molar refractivity (Wildman–Crippen MR) is 112 cm³/mol. The molecule has 2 aliphatic heterocycles. The Balaban J connectivity index is 1.76. The van der Waals surface area contributed by atoms with E-state index in [9.17, 15) is 5.26 Å². The van der Waals surface area contributed by atoms with E-state index in [2.05, 4.69) is 16.3 Å². The minimum absolute atomic E-state index is 0.0538. The van der Waals surface area contributed by atoms with Crippen molar-refractivity contribution in [2.24, 2.45) is 5.73 Å². The lowest BCUT2D eigenvalue weighted by molar-refractivity contribution is 0.174. The largest absolute Gasteiger partial charge is 0.495 e. The van der Waals surface area contributed by atoms with Crippen LogP contribution in [0, 0.1) is 11.3 Å². The first-order valence-corrected chi connectivity index (χ1v) is 9.86. The summed E-state index contributed by atoms with van der Waals surface area (Å²) in [6, 6.07) is 10.9. The lowest BCUT2D eigenvalue weighted by Crippen LogP contribution is -2.21. The summed E-state index contributed by atoms with van der Waals surface area (Å²) < 4.78 is 22.1. The van der Waals surface area contributed by atoms with Crippen molar-refractivity contribution in [2.75, 3.05) is 13.9 Å². The number of allylic oxidation sites excluding steroid dienone is 1. The molecule has 3 aromatic rings. The van der Waals surface area contributed by atoms with Crippen molar-refractivity contribution in [1.82, 2.24) is 10.2 Å². The van der Waals surface area contributed by atoms with Gasteiger partial charge in [0.2, 0.25) is 18.6 Å². The van der Waals surface area contributed by atoms with Crippen LogP contribution in [0.5, 0.6) is 23.1 Å². The SMILES string of the molecule is COc1c(Cl)cc(Cl)cc1C1C(C#N)=C(N)Oc2n[nH]c(-c3ccc4c(c3)OCO4)c21. The number of methoxy groups -OCH3 is 1. The molecular weight excluding hydrogens is 443 g/mol. The number of rotatable bonds is 3. The highest BCUT2D eigenvalue weighted by molar-refractivity contribution is 6.35. The molecule has 3 N–H and O–H groups in total. The molecule has 0 fully saturated rings. The number of benzene rings is 2. The zero-order valence-electron chi connectivity index (χ0n) is 16.0. The van der Waals surface area contributed by atoms with Gasteiger partial charge in [-0.3, -0.25) is 5.10 Å². The Morgan fingerprint density at radius 3 is 2.81 bits per heavy atom. The second kappa shape index (κ2) is 7.30. The van der Waals surface area contributed by atoms with Gasteiger partial charge in [0.1, 0.15) is 17.4 Å². The first kappa shape index (κ1) is 19.4. The number of nitrogens with one attached hydrogen (secondary N) is 1. The van der Waals surface area contributed by atoms with E-state index in [1.165, 1.54) is 7.11 Å². The van der Waals surface area contributed by atoms with Gasteiger partial charge in [0.25, 0.3) is 0 Å². The van der Waals surface area contributed by atoms with Gasteiger partial charge in [-0.15, -0.1) is 5.10 Å². The van der Waals surface area contributed by atoms with Crippen LogP contribution in [0.3, 0.4) is 0 Å². The van der Waals surface area contributed by atoms with Gasteiger partial charge in [0, 0.05) is 16.1 Å². The van der Waals surface area contributed by atoms with E-state index in [1.807, 2.05) is 12.1 Å². The highest BCUT2D eigenvalue weighted by Crippen LogP contribution is 2.50. The van der Waals surface area contributed by atoms with E-state index in [0.29, 0.717) is 44.1 Å². The molecule has 1 unspecified atom stereocenters. The molecule has 0 spiro atoms. The number of hydrogen-bond donors (Lipinski definition) is 2. The Labute approximate surface area is 186 Å². The summed E-state index contributed by atoms with van der Waals surface area (Å²) in [7, 11) is 1.49. The Kier molecular flexibility index (Phi) is 4.58. The molecular formula is C21H14Cl2N4O4. The molecule has 0 saturated heterocycles. The molecule has 1 aromatic heterocycles. The Hall–Kier alpha value is -3.54. The van der Waals surface area contributed by atoms with Crippen molar-refractivity contribution in [3.05, 3.63) is 63.0 Å². The maximum atomic E-state index is 9.90. The molecule has 10 heteroatoms. The molecule has 156 valence electrons. The normalized spacial score (nSPS) is 16.5. The van der Waals surface area contributed by atoms with Crippen LogP contribution in [0.1, 0.15) is 17.0 Å². The van der Waals surface area contributed by atoms with Crippen molar-refractivity contribution < 1.29 is 18.9 Å². The van der Waals surface area contributed by atoms with Gasteiger partial charge in [-0.05, 0) is 30.3 Å². The Morgan fingerprint density at radius 2 is 2.03 bits per heavy atom. The van der Waals surface area contributed by atoms with Crippen molar-refractivity contribution in [1.29, 1.82) is 5.26 Å². The van der Waals surface area contributed by atoms with Crippen LogP contribution in [0.2, 0.25) is 10.0 Å². The molecule has 0 bridgehead atoms. The fourth-order valence-corrected chi connectivity index (χ4v) is 4.42. The van der Waals surface area contributed by atoms with E-state index in [1.54, 1.807) is 18.2 Å². The van der Waals surface area contributed by atoms with Gasteiger partial charge in [0.15, 0.2) is 11.5 Å². The first-order valence-electron chi connectivity index (χ1n) is 9.10. The zero-order valence-corrected chi connectivity index (χ0v) is 17.5. The van der Waals surface area contributed by atoms with Crippen LogP contribution in [0.15, 0.2) is 41.8 Å². The third-order valence-corrected chi connectivity index (χ3v) is 5.65. The Morgan fingerprint density at radius 1 is 1.23 bits per heavy atom. The molecule has 8 nitrogen and oxygen atoms in total. The van der Waals surface area contributed by atoms with Gasteiger partial charge in [-0.25, -0.2) is 0 Å². The third kappa shape index (κ3) is 3.02. The molecule has 0 saturated carbocycles. The Bertz CT molecular complexity index is 1300. The number of ether oxygens (including phenoxy) is 4. The van der Waals surface area contributed by atoms with Crippen LogP contribution < -0.4 is 24.7 Å². The molecule has 5 rings (SSSR count). The quantitative estimate of drug-likeness (QED) is 0.601. The zero-order chi connectivity index (χ0) is 21.7. The lowest BCUT2D eigenvalue weighted by atomic mass is 9.82.